The Balaban J connectivity index is 2.10. The quantitative estimate of drug-likeness (QED) is 0.771. The van der Waals surface area contributed by atoms with E-state index in [4.69, 9.17) is 5.11 Å². The second-order valence-electron chi connectivity index (χ2n) is 6.21. The van der Waals surface area contributed by atoms with Gasteiger partial charge in [0.1, 0.15) is 5.25 Å². The van der Waals surface area contributed by atoms with Crippen molar-refractivity contribution >= 4 is 22.1 Å². The Kier molecular flexibility index (Phi) is 4.55. The van der Waals surface area contributed by atoms with Crippen molar-refractivity contribution in [2.24, 2.45) is 5.41 Å². The van der Waals surface area contributed by atoms with Crippen molar-refractivity contribution in [3.63, 3.8) is 0 Å². The van der Waals surface area contributed by atoms with Gasteiger partial charge in [0, 0.05) is 19.5 Å². The Bertz CT molecular complexity index is 527. The number of carbonyl (C=O) groups is 2. The van der Waals surface area contributed by atoms with Crippen LogP contribution >= 0.6 is 0 Å². The van der Waals surface area contributed by atoms with Crippen LogP contribution in [0.15, 0.2) is 0 Å². The zero-order valence-corrected chi connectivity index (χ0v) is 12.6. The molecule has 2 aliphatic rings. The summed E-state index contributed by atoms with van der Waals surface area (Å²) >= 11 is 0. The molecule has 2 rings (SSSR count). The lowest BCUT2D eigenvalue weighted by atomic mass is 9.71. The van der Waals surface area contributed by atoms with E-state index in [9.17, 15) is 21.9 Å². The summed E-state index contributed by atoms with van der Waals surface area (Å²) in [6.45, 7) is 0.0448. The van der Waals surface area contributed by atoms with Crippen LogP contribution in [-0.2, 0) is 19.8 Å². The molecule has 0 spiro atoms. The van der Waals surface area contributed by atoms with E-state index in [2.05, 4.69) is 0 Å². The van der Waals surface area contributed by atoms with Crippen LogP contribution in [0.25, 0.3) is 0 Å². The van der Waals surface area contributed by atoms with Gasteiger partial charge >= 0.3 is 16.2 Å². The van der Waals surface area contributed by atoms with Crippen molar-refractivity contribution in [2.75, 3.05) is 13.1 Å². The minimum atomic E-state index is -4.73. The summed E-state index contributed by atoms with van der Waals surface area (Å²) in [6, 6.07) is 0. The number of rotatable bonds is 5. The maximum Gasteiger partial charge on any atom is 0.307 e. The number of amides is 1. The van der Waals surface area contributed by atoms with Crippen LogP contribution in [0.4, 0.5) is 3.89 Å². The molecule has 1 saturated heterocycles. The van der Waals surface area contributed by atoms with Gasteiger partial charge < -0.3 is 10.0 Å². The van der Waals surface area contributed by atoms with Gasteiger partial charge in [0.2, 0.25) is 5.91 Å². The first-order chi connectivity index (χ1) is 9.72. The molecule has 1 saturated carbocycles. The maximum atomic E-state index is 13.0. The molecule has 0 radical (unpaired) electrons. The molecule has 0 bridgehead atoms. The van der Waals surface area contributed by atoms with Crippen LogP contribution in [0.3, 0.4) is 0 Å². The van der Waals surface area contributed by atoms with Crippen molar-refractivity contribution in [3.8, 4) is 0 Å². The molecule has 8 heteroatoms. The summed E-state index contributed by atoms with van der Waals surface area (Å²) in [5.41, 5.74) is -0.505. The monoisotopic (exact) mass is 321 g/mol. The molecule has 6 nitrogen and oxygen atoms in total. The molecule has 1 unspecified atom stereocenters. The maximum absolute atomic E-state index is 13.0. The minimum Gasteiger partial charge on any atom is -0.481 e. The number of carboxylic acids is 1. The first kappa shape index (κ1) is 16.2. The molecular formula is C13H20FNO5S. The van der Waals surface area contributed by atoms with E-state index in [-0.39, 0.29) is 25.9 Å². The number of hydrogen-bond donors (Lipinski definition) is 1. The Morgan fingerprint density at radius 1 is 1.33 bits per heavy atom. The smallest absolute Gasteiger partial charge is 0.307 e. The second-order valence-corrected chi connectivity index (χ2v) is 7.82. The van der Waals surface area contributed by atoms with Gasteiger partial charge in [-0.2, -0.15) is 8.42 Å². The summed E-state index contributed by atoms with van der Waals surface area (Å²) in [5, 5.41) is 7.78. The Morgan fingerprint density at radius 3 is 2.43 bits per heavy atom. The lowest BCUT2D eigenvalue weighted by molar-refractivity contribution is -0.142. The predicted molar refractivity (Wildman–Crippen MR) is 72.8 cm³/mol. The average molecular weight is 321 g/mol. The standard InChI is InChI=1S/C13H20FNO5S/c14-21(19,20)10-6-11(16)15(8-10)9-13(7-12(17)18)4-2-1-3-5-13/h10H,1-9H2,(H,17,18). The van der Waals surface area contributed by atoms with Crippen molar-refractivity contribution in [1.29, 1.82) is 0 Å². The van der Waals surface area contributed by atoms with Gasteiger partial charge in [-0.3, -0.25) is 9.59 Å². The second kappa shape index (κ2) is 5.90. The number of hydrogen-bond acceptors (Lipinski definition) is 4. The van der Waals surface area contributed by atoms with Crippen LogP contribution in [-0.4, -0.2) is 48.6 Å². The number of halogens is 1. The predicted octanol–water partition coefficient (Wildman–Crippen LogP) is 1.31. The van der Waals surface area contributed by atoms with Gasteiger partial charge in [-0.15, -0.1) is 3.89 Å². The number of likely N-dealkylation sites (tertiary alicyclic amines) is 1. The minimum absolute atomic E-state index is 0.0379. The zero-order valence-electron chi connectivity index (χ0n) is 11.8. The summed E-state index contributed by atoms with van der Waals surface area (Å²) < 4.78 is 34.9. The SMILES string of the molecule is O=C(O)CC1(CN2CC(S(=O)(=O)F)CC2=O)CCCCC1. The largest absolute Gasteiger partial charge is 0.481 e. The van der Waals surface area contributed by atoms with Crippen molar-refractivity contribution in [2.45, 2.75) is 50.2 Å². The molecule has 120 valence electrons. The first-order valence-corrected chi connectivity index (χ1v) is 8.60. The number of carboxylic acid groups (broad SMARTS) is 1. The van der Waals surface area contributed by atoms with Gasteiger partial charge in [-0.05, 0) is 18.3 Å². The molecule has 1 aliphatic carbocycles. The molecular weight excluding hydrogens is 301 g/mol. The molecule has 1 atom stereocenters. The van der Waals surface area contributed by atoms with Crippen LogP contribution in [0.1, 0.15) is 44.9 Å². The zero-order chi connectivity index (χ0) is 15.7. The molecule has 1 amide bonds. The van der Waals surface area contributed by atoms with Gasteiger partial charge in [-0.1, -0.05) is 19.3 Å². The molecule has 2 fully saturated rings. The molecule has 0 aromatic carbocycles. The van der Waals surface area contributed by atoms with E-state index in [0.717, 1.165) is 19.3 Å². The normalized spacial score (nSPS) is 26.0. The number of carbonyl (C=O) groups excluding carboxylic acids is 1. The fourth-order valence-corrected chi connectivity index (χ4v) is 4.20. The molecule has 21 heavy (non-hydrogen) atoms. The topological polar surface area (TPSA) is 91.8 Å². The van der Waals surface area contributed by atoms with Gasteiger partial charge in [0.05, 0.1) is 6.42 Å². The van der Waals surface area contributed by atoms with Crippen LogP contribution in [0.2, 0.25) is 0 Å². The van der Waals surface area contributed by atoms with E-state index in [1.807, 2.05) is 0 Å². The Morgan fingerprint density at radius 2 is 1.95 bits per heavy atom. The van der Waals surface area contributed by atoms with E-state index >= 15 is 0 Å². The van der Waals surface area contributed by atoms with E-state index < -0.39 is 32.8 Å². The van der Waals surface area contributed by atoms with Gasteiger partial charge in [0.25, 0.3) is 0 Å². The highest BCUT2D eigenvalue weighted by Crippen LogP contribution is 2.41. The third-order valence-corrected chi connectivity index (χ3v) is 5.66. The first-order valence-electron chi connectivity index (χ1n) is 7.15. The van der Waals surface area contributed by atoms with E-state index in [0.29, 0.717) is 12.8 Å². The van der Waals surface area contributed by atoms with E-state index in [1.54, 1.807) is 0 Å². The third kappa shape index (κ3) is 3.93. The van der Waals surface area contributed by atoms with Crippen LogP contribution in [0.5, 0.6) is 0 Å². The van der Waals surface area contributed by atoms with Crippen molar-refractivity contribution in [3.05, 3.63) is 0 Å². The molecule has 1 aliphatic heterocycles. The van der Waals surface area contributed by atoms with Crippen molar-refractivity contribution < 1.29 is 27.0 Å². The Labute approximate surface area is 123 Å². The highest BCUT2D eigenvalue weighted by Gasteiger charge is 2.43. The summed E-state index contributed by atoms with van der Waals surface area (Å²) in [6.07, 6.45) is 3.87. The molecule has 1 heterocycles. The molecule has 1 N–H and O–H groups in total. The molecule has 0 aromatic heterocycles. The molecule has 0 aromatic rings. The summed E-state index contributed by atoms with van der Waals surface area (Å²) in [5.74, 6) is -1.32. The fraction of sp³-hybridized carbons (Fsp3) is 0.846. The average Bonchev–Trinajstić information content (AvgIpc) is 2.70. The van der Waals surface area contributed by atoms with E-state index in [1.165, 1.54) is 4.90 Å². The lowest BCUT2D eigenvalue weighted by Gasteiger charge is -2.39. The highest BCUT2D eigenvalue weighted by molar-refractivity contribution is 7.87. The number of nitrogens with zero attached hydrogens (tertiary/aromatic N) is 1. The summed E-state index contributed by atoms with van der Waals surface area (Å²) in [4.78, 5) is 24.3. The highest BCUT2D eigenvalue weighted by atomic mass is 32.3. The number of aliphatic carboxylic acids is 1. The summed E-state index contributed by atoms with van der Waals surface area (Å²) in [7, 11) is -4.73. The third-order valence-electron chi connectivity index (χ3n) is 4.54. The van der Waals surface area contributed by atoms with Gasteiger partial charge in [-0.25, -0.2) is 0 Å². The van der Waals surface area contributed by atoms with Crippen molar-refractivity contribution in [1.82, 2.24) is 4.90 Å². The van der Waals surface area contributed by atoms with Crippen LogP contribution in [0, 0.1) is 5.41 Å². The fourth-order valence-electron chi connectivity index (χ4n) is 3.50. The van der Waals surface area contributed by atoms with Gasteiger partial charge in [0.15, 0.2) is 0 Å². The Hall–Kier alpha value is -1.18. The lowest BCUT2D eigenvalue weighted by Crippen LogP contribution is -2.41. The van der Waals surface area contributed by atoms with Crippen LogP contribution < -0.4 is 0 Å².